The van der Waals surface area contributed by atoms with E-state index in [1.807, 2.05) is 6.92 Å². The molecule has 4 nitrogen and oxygen atoms in total. The van der Waals surface area contributed by atoms with Gasteiger partial charge in [0.15, 0.2) is 0 Å². The second kappa shape index (κ2) is 5.64. The predicted molar refractivity (Wildman–Crippen MR) is 52.0 cm³/mol. The minimum atomic E-state index is -4.40. The van der Waals surface area contributed by atoms with Gasteiger partial charge in [0.2, 0.25) is 5.95 Å². The normalized spacial score (nSPS) is 11.5. The predicted octanol–water partition coefficient (Wildman–Crippen LogP) is 1.94. The lowest BCUT2D eigenvalue weighted by atomic mass is 10.3. The van der Waals surface area contributed by atoms with E-state index in [1.54, 1.807) is 0 Å². The first-order valence-electron chi connectivity index (χ1n) is 4.75. The van der Waals surface area contributed by atoms with Gasteiger partial charge in [-0.05, 0) is 6.92 Å². The molecule has 0 spiro atoms. The molecule has 1 rings (SSSR count). The van der Waals surface area contributed by atoms with Gasteiger partial charge in [-0.2, -0.15) is 13.2 Å². The van der Waals surface area contributed by atoms with Gasteiger partial charge in [0, 0.05) is 25.5 Å². The fraction of sp³-hybridized carbons (Fsp3) is 0.556. The van der Waals surface area contributed by atoms with E-state index in [2.05, 4.69) is 15.3 Å². The van der Waals surface area contributed by atoms with Crippen molar-refractivity contribution in [3.8, 4) is 0 Å². The topological polar surface area (TPSA) is 47.0 Å². The van der Waals surface area contributed by atoms with E-state index >= 15 is 0 Å². The number of hydrogen-bond acceptors (Lipinski definition) is 4. The Balaban J connectivity index is 2.46. The van der Waals surface area contributed by atoms with Crippen LogP contribution >= 0.6 is 0 Å². The quantitative estimate of drug-likeness (QED) is 0.792. The molecule has 0 aliphatic carbocycles. The van der Waals surface area contributed by atoms with E-state index in [1.165, 1.54) is 0 Å². The lowest BCUT2D eigenvalue weighted by Crippen LogP contribution is -2.13. The van der Waals surface area contributed by atoms with Crippen molar-refractivity contribution in [1.29, 1.82) is 0 Å². The molecule has 1 aromatic rings. The van der Waals surface area contributed by atoms with Gasteiger partial charge in [-0.3, -0.25) is 0 Å². The van der Waals surface area contributed by atoms with E-state index < -0.39 is 11.7 Å². The Labute approximate surface area is 90.9 Å². The van der Waals surface area contributed by atoms with Gasteiger partial charge in [0.05, 0.1) is 12.2 Å². The van der Waals surface area contributed by atoms with Gasteiger partial charge >= 0.3 is 6.18 Å². The van der Waals surface area contributed by atoms with Gasteiger partial charge < -0.3 is 10.1 Å². The summed E-state index contributed by atoms with van der Waals surface area (Å²) in [4.78, 5) is 7.09. The van der Waals surface area contributed by atoms with E-state index in [4.69, 9.17) is 4.74 Å². The van der Waals surface area contributed by atoms with Crippen LogP contribution in [0.3, 0.4) is 0 Å². The number of anilines is 1. The molecule has 0 bridgehead atoms. The van der Waals surface area contributed by atoms with Crippen LogP contribution in [-0.2, 0) is 10.9 Å². The molecule has 90 valence electrons. The molecule has 0 radical (unpaired) electrons. The Morgan fingerprint density at radius 1 is 1.31 bits per heavy atom. The van der Waals surface area contributed by atoms with Crippen LogP contribution in [0.15, 0.2) is 12.4 Å². The molecule has 0 aromatic carbocycles. The molecule has 16 heavy (non-hydrogen) atoms. The molecule has 7 heteroatoms. The third-order valence-electron chi connectivity index (χ3n) is 1.71. The van der Waals surface area contributed by atoms with E-state index in [0.29, 0.717) is 19.8 Å². The molecule has 0 atom stereocenters. The van der Waals surface area contributed by atoms with Crippen LogP contribution < -0.4 is 5.32 Å². The molecule has 1 N–H and O–H groups in total. The van der Waals surface area contributed by atoms with Crippen LogP contribution in [0, 0.1) is 0 Å². The van der Waals surface area contributed by atoms with Gasteiger partial charge in [-0.15, -0.1) is 0 Å². The molecular formula is C9H12F3N3O. The van der Waals surface area contributed by atoms with Crippen molar-refractivity contribution in [2.75, 3.05) is 25.1 Å². The highest BCUT2D eigenvalue weighted by Gasteiger charge is 2.31. The van der Waals surface area contributed by atoms with Gasteiger partial charge in [-0.25, -0.2) is 9.97 Å². The van der Waals surface area contributed by atoms with Crippen LogP contribution in [0.4, 0.5) is 19.1 Å². The van der Waals surface area contributed by atoms with Crippen molar-refractivity contribution < 1.29 is 17.9 Å². The summed E-state index contributed by atoms with van der Waals surface area (Å²) in [5, 5.41) is 2.74. The molecule has 0 amide bonds. The second-order valence-corrected chi connectivity index (χ2v) is 2.92. The van der Waals surface area contributed by atoms with Crippen LogP contribution in [0.25, 0.3) is 0 Å². The van der Waals surface area contributed by atoms with Gasteiger partial charge in [-0.1, -0.05) is 0 Å². The maximum atomic E-state index is 12.2. The Bertz CT molecular complexity index is 313. The lowest BCUT2D eigenvalue weighted by molar-refractivity contribution is -0.138. The van der Waals surface area contributed by atoms with Crippen molar-refractivity contribution in [2.45, 2.75) is 13.1 Å². The molecule has 0 unspecified atom stereocenters. The molecule has 0 saturated heterocycles. The lowest BCUT2D eigenvalue weighted by Gasteiger charge is -2.07. The SMILES string of the molecule is CCOCCNc1ncc(C(F)(F)F)cn1. The van der Waals surface area contributed by atoms with Crippen molar-refractivity contribution in [3.63, 3.8) is 0 Å². The van der Waals surface area contributed by atoms with Crippen LogP contribution in [0.1, 0.15) is 12.5 Å². The van der Waals surface area contributed by atoms with Crippen molar-refractivity contribution in [3.05, 3.63) is 18.0 Å². The molecule has 0 fully saturated rings. The van der Waals surface area contributed by atoms with Crippen LogP contribution in [0.5, 0.6) is 0 Å². The third-order valence-corrected chi connectivity index (χ3v) is 1.71. The number of nitrogens with one attached hydrogen (secondary N) is 1. The van der Waals surface area contributed by atoms with E-state index in [-0.39, 0.29) is 5.95 Å². The number of nitrogens with zero attached hydrogens (tertiary/aromatic N) is 2. The summed E-state index contributed by atoms with van der Waals surface area (Å²) in [6.07, 6.45) is -2.91. The highest BCUT2D eigenvalue weighted by Crippen LogP contribution is 2.27. The summed E-state index contributed by atoms with van der Waals surface area (Å²) in [6, 6.07) is 0. The third kappa shape index (κ3) is 4.01. The fourth-order valence-electron chi connectivity index (χ4n) is 0.945. The minimum Gasteiger partial charge on any atom is -0.380 e. The van der Waals surface area contributed by atoms with Gasteiger partial charge in [0.1, 0.15) is 0 Å². The number of aromatic nitrogens is 2. The number of alkyl halides is 3. The fourth-order valence-corrected chi connectivity index (χ4v) is 0.945. The van der Waals surface area contributed by atoms with Crippen molar-refractivity contribution in [1.82, 2.24) is 9.97 Å². The average molecular weight is 235 g/mol. The summed E-state index contributed by atoms with van der Waals surface area (Å²) in [5.74, 6) is 0.160. The van der Waals surface area contributed by atoms with E-state index in [9.17, 15) is 13.2 Å². The molecule has 1 aromatic heterocycles. The zero-order valence-corrected chi connectivity index (χ0v) is 8.71. The number of hydrogen-bond donors (Lipinski definition) is 1. The maximum absolute atomic E-state index is 12.2. The molecule has 0 saturated carbocycles. The van der Waals surface area contributed by atoms with Crippen molar-refractivity contribution in [2.24, 2.45) is 0 Å². The number of halogens is 3. The Morgan fingerprint density at radius 2 is 1.94 bits per heavy atom. The van der Waals surface area contributed by atoms with Crippen molar-refractivity contribution >= 4 is 5.95 Å². The first-order valence-corrected chi connectivity index (χ1v) is 4.75. The molecular weight excluding hydrogens is 223 g/mol. The summed E-state index contributed by atoms with van der Waals surface area (Å²) in [6.45, 7) is 3.37. The summed E-state index contributed by atoms with van der Waals surface area (Å²) < 4.78 is 41.5. The van der Waals surface area contributed by atoms with Crippen LogP contribution in [0.2, 0.25) is 0 Å². The van der Waals surface area contributed by atoms with Gasteiger partial charge in [0.25, 0.3) is 0 Å². The number of ether oxygens (including phenoxy) is 1. The zero-order chi connectivity index (χ0) is 12.0. The molecule has 1 heterocycles. The highest BCUT2D eigenvalue weighted by molar-refractivity contribution is 5.25. The second-order valence-electron chi connectivity index (χ2n) is 2.92. The summed E-state index contributed by atoms with van der Waals surface area (Å²) in [7, 11) is 0. The first-order chi connectivity index (χ1) is 7.54. The van der Waals surface area contributed by atoms with E-state index in [0.717, 1.165) is 12.4 Å². The standard InChI is InChI=1S/C9H12F3N3O/c1-2-16-4-3-13-8-14-5-7(6-15-8)9(10,11)12/h5-6H,2-4H2,1H3,(H,13,14,15). The number of rotatable bonds is 5. The summed E-state index contributed by atoms with van der Waals surface area (Å²) >= 11 is 0. The summed E-state index contributed by atoms with van der Waals surface area (Å²) in [5.41, 5.74) is -0.858. The Hall–Kier alpha value is -1.37. The molecule has 0 aliphatic heterocycles. The monoisotopic (exact) mass is 235 g/mol. The molecule has 0 aliphatic rings. The van der Waals surface area contributed by atoms with Crippen LogP contribution in [-0.4, -0.2) is 29.7 Å². The Kier molecular flexibility index (Phi) is 4.48. The largest absolute Gasteiger partial charge is 0.419 e. The average Bonchev–Trinajstić information content (AvgIpc) is 2.24. The smallest absolute Gasteiger partial charge is 0.380 e. The Morgan fingerprint density at radius 3 is 2.44 bits per heavy atom. The minimum absolute atomic E-state index is 0.160. The zero-order valence-electron chi connectivity index (χ0n) is 8.71. The maximum Gasteiger partial charge on any atom is 0.419 e. The first kappa shape index (κ1) is 12.7. The highest BCUT2D eigenvalue weighted by atomic mass is 19.4.